The number of cyclic esters (lactones) is 1. The van der Waals surface area contributed by atoms with Crippen molar-refractivity contribution in [2.45, 2.75) is 72.4 Å². The quantitative estimate of drug-likeness (QED) is 0.575. The molecule has 30 heavy (non-hydrogen) atoms. The maximum absolute atomic E-state index is 12.9. The first kappa shape index (κ1) is 23.5. The zero-order valence-corrected chi connectivity index (χ0v) is 18.6. The number of esters is 1. The Labute approximate surface area is 177 Å². The Hall–Kier alpha value is -2.77. The molecule has 1 aliphatic rings. The zero-order valence-electron chi connectivity index (χ0n) is 18.6. The van der Waals surface area contributed by atoms with E-state index in [1.807, 2.05) is 51.1 Å². The molecule has 1 heterocycles. The number of carbonyl (C=O) groups is 3. The number of amides is 2. The van der Waals surface area contributed by atoms with Gasteiger partial charge in [0.25, 0.3) is 0 Å². The van der Waals surface area contributed by atoms with Crippen molar-refractivity contribution in [3.05, 3.63) is 35.9 Å². The molecule has 1 aliphatic heterocycles. The second-order valence-electron chi connectivity index (χ2n) is 9.34. The van der Waals surface area contributed by atoms with Gasteiger partial charge in [0.2, 0.25) is 0 Å². The van der Waals surface area contributed by atoms with Crippen LogP contribution in [-0.4, -0.2) is 47.5 Å². The van der Waals surface area contributed by atoms with Crippen molar-refractivity contribution in [2.75, 3.05) is 6.54 Å². The van der Waals surface area contributed by atoms with E-state index in [4.69, 9.17) is 14.2 Å². The molecule has 166 valence electrons. The van der Waals surface area contributed by atoms with E-state index in [-0.39, 0.29) is 19.6 Å². The molecule has 0 aromatic heterocycles. The van der Waals surface area contributed by atoms with Crippen LogP contribution in [0.15, 0.2) is 30.3 Å². The molecule has 2 rings (SSSR count). The summed E-state index contributed by atoms with van der Waals surface area (Å²) in [7, 11) is 0. The Bertz CT molecular complexity index is 751. The number of nitrogens with zero attached hydrogens (tertiary/aromatic N) is 1. The fourth-order valence-corrected chi connectivity index (χ4v) is 3.02. The molecule has 1 N–H and O–H groups in total. The molecule has 0 saturated carbocycles. The molecular weight excluding hydrogens is 388 g/mol. The fraction of sp³-hybridized carbons (Fsp3) is 0.591. The van der Waals surface area contributed by atoms with Crippen LogP contribution in [0.5, 0.6) is 0 Å². The van der Waals surface area contributed by atoms with E-state index < -0.39 is 41.4 Å². The highest BCUT2D eigenvalue weighted by molar-refractivity contribution is 5.84. The second kappa shape index (κ2) is 9.36. The number of carbonyl (C=O) groups excluding carboxylic acids is 3. The van der Waals surface area contributed by atoms with Crippen molar-refractivity contribution < 1.29 is 28.6 Å². The Kier molecular flexibility index (Phi) is 7.34. The second-order valence-corrected chi connectivity index (χ2v) is 9.34. The van der Waals surface area contributed by atoms with E-state index in [2.05, 4.69) is 5.32 Å². The van der Waals surface area contributed by atoms with Crippen molar-refractivity contribution in [3.63, 3.8) is 0 Å². The summed E-state index contributed by atoms with van der Waals surface area (Å²) in [4.78, 5) is 38.6. The van der Waals surface area contributed by atoms with Gasteiger partial charge in [0.1, 0.15) is 18.2 Å². The monoisotopic (exact) mass is 420 g/mol. The standard InChI is InChI=1S/C22H32N2O6/c1-21(2,3)18-24(20(27)28-14-15-10-8-7-9-11-15)16(17(25)29-18)12-13-23-19(26)30-22(4,5)6/h7-11,16,18H,12-14H2,1-6H3,(H,23,26)/t16-,18+/m0/s1. The van der Waals surface area contributed by atoms with E-state index in [1.165, 1.54) is 4.90 Å². The summed E-state index contributed by atoms with van der Waals surface area (Å²) in [6.45, 7) is 11.2. The van der Waals surface area contributed by atoms with Crippen LogP contribution in [0.4, 0.5) is 9.59 Å². The molecule has 2 atom stereocenters. The van der Waals surface area contributed by atoms with Gasteiger partial charge in [-0.15, -0.1) is 0 Å². The van der Waals surface area contributed by atoms with E-state index in [0.717, 1.165) is 5.56 Å². The molecule has 1 aromatic rings. The summed E-state index contributed by atoms with van der Waals surface area (Å²) in [5.41, 5.74) is -0.289. The van der Waals surface area contributed by atoms with Crippen LogP contribution >= 0.6 is 0 Å². The fourth-order valence-electron chi connectivity index (χ4n) is 3.02. The van der Waals surface area contributed by atoms with Gasteiger partial charge in [-0.1, -0.05) is 51.1 Å². The minimum absolute atomic E-state index is 0.0874. The van der Waals surface area contributed by atoms with Gasteiger partial charge < -0.3 is 19.5 Å². The van der Waals surface area contributed by atoms with E-state index >= 15 is 0 Å². The Balaban J connectivity index is 2.05. The minimum Gasteiger partial charge on any atom is -0.444 e. The summed E-state index contributed by atoms with van der Waals surface area (Å²) in [5, 5.41) is 2.61. The summed E-state index contributed by atoms with van der Waals surface area (Å²) >= 11 is 0. The smallest absolute Gasteiger partial charge is 0.413 e. The minimum atomic E-state index is -0.854. The summed E-state index contributed by atoms with van der Waals surface area (Å²) in [5.74, 6) is -0.516. The van der Waals surface area contributed by atoms with Gasteiger partial charge in [-0.2, -0.15) is 0 Å². The van der Waals surface area contributed by atoms with Gasteiger partial charge >= 0.3 is 18.2 Å². The van der Waals surface area contributed by atoms with Crippen LogP contribution in [0.1, 0.15) is 53.5 Å². The number of rotatable bonds is 5. The molecule has 1 saturated heterocycles. The first-order valence-corrected chi connectivity index (χ1v) is 10.0. The Morgan fingerprint density at radius 1 is 1.10 bits per heavy atom. The molecule has 0 radical (unpaired) electrons. The van der Waals surface area contributed by atoms with Crippen LogP contribution in [0.25, 0.3) is 0 Å². The van der Waals surface area contributed by atoms with Crippen molar-refractivity contribution >= 4 is 18.2 Å². The number of hydrogen-bond acceptors (Lipinski definition) is 6. The molecule has 0 spiro atoms. The van der Waals surface area contributed by atoms with Gasteiger partial charge in [0.15, 0.2) is 6.23 Å². The molecule has 1 aromatic carbocycles. The third-order valence-corrected chi connectivity index (χ3v) is 4.33. The van der Waals surface area contributed by atoms with Crippen LogP contribution in [0.3, 0.4) is 0 Å². The van der Waals surface area contributed by atoms with Crippen LogP contribution < -0.4 is 5.32 Å². The van der Waals surface area contributed by atoms with Gasteiger partial charge in [0, 0.05) is 12.0 Å². The number of alkyl carbamates (subject to hydrolysis) is 1. The summed E-state index contributed by atoms with van der Waals surface area (Å²) in [6, 6.07) is 8.43. The Morgan fingerprint density at radius 3 is 2.30 bits per heavy atom. The lowest BCUT2D eigenvalue weighted by atomic mass is 9.93. The SMILES string of the molecule is CC(C)(C)OC(=O)NCC[C@H]1C(=O)O[C@H](C(C)(C)C)N1C(=O)OCc1ccccc1. The average Bonchev–Trinajstić information content (AvgIpc) is 2.96. The van der Waals surface area contributed by atoms with Crippen LogP contribution in [-0.2, 0) is 25.6 Å². The molecule has 8 nitrogen and oxygen atoms in total. The number of benzene rings is 1. The van der Waals surface area contributed by atoms with Crippen molar-refractivity contribution in [1.82, 2.24) is 10.2 Å². The molecular formula is C22H32N2O6. The van der Waals surface area contributed by atoms with E-state index in [0.29, 0.717) is 0 Å². The summed E-state index contributed by atoms with van der Waals surface area (Å²) < 4.78 is 16.2. The Morgan fingerprint density at radius 2 is 1.73 bits per heavy atom. The first-order chi connectivity index (χ1) is 13.9. The summed E-state index contributed by atoms with van der Waals surface area (Å²) in [6.07, 6.45) is -1.79. The van der Waals surface area contributed by atoms with Crippen molar-refractivity contribution in [1.29, 1.82) is 0 Å². The van der Waals surface area contributed by atoms with Gasteiger partial charge in [-0.25, -0.2) is 14.4 Å². The first-order valence-electron chi connectivity index (χ1n) is 10.0. The molecule has 8 heteroatoms. The average molecular weight is 421 g/mol. The van der Waals surface area contributed by atoms with Crippen molar-refractivity contribution in [3.8, 4) is 0 Å². The molecule has 0 unspecified atom stereocenters. The lowest BCUT2D eigenvalue weighted by Crippen LogP contribution is -2.49. The zero-order chi connectivity index (χ0) is 22.5. The highest BCUT2D eigenvalue weighted by Gasteiger charge is 2.50. The molecule has 1 fully saturated rings. The molecule has 2 amide bonds. The van der Waals surface area contributed by atoms with E-state index in [9.17, 15) is 14.4 Å². The topological polar surface area (TPSA) is 94.2 Å². The third kappa shape index (κ3) is 6.64. The number of hydrogen-bond donors (Lipinski definition) is 1. The van der Waals surface area contributed by atoms with E-state index in [1.54, 1.807) is 20.8 Å². The highest BCUT2D eigenvalue weighted by Crippen LogP contribution is 2.34. The molecule has 0 aliphatic carbocycles. The van der Waals surface area contributed by atoms with Gasteiger partial charge in [-0.05, 0) is 32.8 Å². The maximum atomic E-state index is 12.9. The van der Waals surface area contributed by atoms with Gasteiger partial charge in [-0.3, -0.25) is 4.90 Å². The predicted octanol–water partition coefficient (Wildman–Crippen LogP) is 3.84. The van der Waals surface area contributed by atoms with Gasteiger partial charge in [0.05, 0.1) is 0 Å². The maximum Gasteiger partial charge on any atom is 0.413 e. The predicted molar refractivity (Wildman–Crippen MR) is 110 cm³/mol. The highest BCUT2D eigenvalue weighted by atomic mass is 16.6. The lowest BCUT2D eigenvalue weighted by molar-refractivity contribution is -0.147. The lowest BCUT2D eigenvalue weighted by Gasteiger charge is -2.33. The largest absolute Gasteiger partial charge is 0.444 e. The third-order valence-electron chi connectivity index (χ3n) is 4.33. The van der Waals surface area contributed by atoms with Crippen LogP contribution in [0.2, 0.25) is 0 Å². The number of nitrogens with one attached hydrogen (secondary N) is 1. The molecule has 0 bridgehead atoms. The van der Waals surface area contributed by atoms with Crippen LogP contribution in [0, 0.1) is 5.41 Å². The van der Waals surface area contributed by atoms with Crippen molar-refractivity contribution in [2.24, 2.45) is 5.41 Å². The normalized spacial score (nSPS) is 19.3. The number of ether oxygens (including phenoxy) is 3.